The van der Waals surface area contributed by atoms with Gasteiger partial charge in [0, 0.05) is 5.57 Å². The van der Waals surface area contributed by atoms with Crippen LogP contribution in [0.1, 0.15) is 32.8 Å². The zero-order chi connectivity index (χ0) is 17.6. The largest absolute Gasteiger partial charge is 0.463 e. The Morgan fingerprint density at radius 1 is 1.26 bits per heavy atom. The van der Waals surface area contributed by atoms with Gasteiger partial charge in [-0.1, -0.05) is 38.1 Å². The molecule has 0 spiro atoms. The summed E-state index contributed by atoms with van der Waals surface area (Å²) in [6.07, 6.45) is 0.461. The molecule has 1 unspecified atom stereocenters. The monoisotopic (exact) mass is 339 g/mol. The first-order valence-electron chi connectivity index (χ1n) is 7.62. The van der Waals surface area contributed by atoms with Gasteiger partial charge in [0.2, 0.25) is 10.0 Å². The minimum absolute atomic E-state index is 0.122. The molecule has 1 rings (SSSR count). The predicted octanol–water partition coefficient (Wildman–Crippen LogP) is 2.81. The molecule has 0 radical (unpaired) electrons. The molecule has 1 N–H and O–H groups in total. The Bertz CT molecular complexity index is 648. The Labute approximate surface area is 138 Å². The third-order valence-electron chi connectivity index (χ3n) is 3.29. The van der Waals surface area contributed by atoms with Crippen molar-refractivity contribution in [1.82, 2.24) is 4.72 Å². The summed E-state index contributed by atoms with van der Waals surface area (Å²) in [7, 11) is -3.73. The molecule has 0 aliphatic carbocycles. The molecule has 128 valence electrons. The topological polar surface area (TPSA) is 72.5 Å². The second-order valence-corrected chi connectivity index (χ2v) is 7.58. The number of hydrogen-bond donors (Lipinski definition) is 1. The number of rotatable bonds is 8. The summed E-state index contributed by atoms with van der Waals surface area (Å²) < 4.78 is 32.5. The van der Waals surface area contributed by atoms with Gasteiger partial charge in [-0.3, -0.25) is 0 Å². The summed E-state index contributed by atoms with van der Waals surface area (Å²) in [6.45, 7) is 11.4. The van der Waals surface area contributed by atoms with Crippen molar-refractivity contribution >= 4 is 16.0 Å². The van der Waals surface area contributed by atoms with Gasteiger partial charge in [0.25, 0.3) is 0 Å². The van der Waals surface area contributed by atoms with Gasteiger partial charge in [-0.15, -0.1) is 0 Å². The van der Waals surface area contributed by atoms with Crippen molar-refractivity contribution in [1.29, 1.82) is 0 Å². The van der Waals surface area contributed by atoms with Crippen LogP contribution in [0.2, 0.25) is 0 Å². The lowest BCUT2D eigenvalue weighted by atomic mass is 9.99. The van der Waals surface area contributed by atoms with Crippen molar-refractivity contribution < 1.29 is 17.9 Å². The standard InChI is InChI=1S/C17H25NO4S/c1-6-22-17(19)14(5)16(11-12(2)3)18-23(20,21)15-9-7-13(4)8-10-15/h7-10,12,16,18H,5-6,11H2,1-4H3. The van der Waals surface area contributed by atoms with Crippen LogP contribution in [0.3, 0.4) is 0 Å². The van der Waals surface area contributed by atoms with Crippen molar-refractivity contribution in [2.45, 2.75) is 45.1 Å². The minimum atomic E-state index is -3.73. The first-order valence-corrected chi connectivity index (χ1v) is 9.10. The molecule has 0 saturated heterocycles. The van der Waals surface area contributed by atoms with Gasteiger partial charge in [0.1, 0.15) is 0 Å². The van der Waals surface area contributed by atoms with Crippen molar-refractivity contribution in [3.8, 4) is 0 Å². The maximum absolute atomic E-state index is 12.5. The fraction of sp³-hybridized carbons (Fsp3) is 0.471. The molecule has 1 aromatic carbocycles. The Morgan fingerprint density at radius 3 is 2.30 bits per heavy atom. The van der Waals surface area contributed by atoms with E-state index in [2.05, 4.69) is 11.3 Å². The van der Waals surface area contributed by atoms with Crippen molar-refractivity contribution in [2.24, 2.45) is 5.92 Å². The van der Waals surface area contributed by atoms with E-state index < -0.39 is 22.0 Å². The van der Waals surface area contributed by atoms with Crippen molar-refractivity contribution in [3.63, 3.8) is 0 Å². The lowest BCUT2D eigenvalue weighted by molar-refractivity contribution is -0.138. The van der Waals surface area contributed by atoms with E-state index in [1.54, 1.807) is 19.1 Å². The van der Waals surface area contributed by atoms with Crippen LogP contribution in [0.15, 0.2) is 41.3 Å². The van der Waals surface area contributed by atoms with Crippen LogP contribution in [-0.4, -0.2) is 27.0 Å². The highest BCUT2D eigenvalue weighted by atomic mass is 32.2. The molecule has 0 bridgehead atoms. The average Bonchev–Trinajstić information content (AvgIpc) is 2.45. The number of carbonyl (C=O) groups excluding carboxylic acids is 1. The molecule has 0 aliphatic heterocycles. The Balaban J connectivity index is 3.02. The number of nitrogens with one attached hydrogen (secondary N) is 1. The van der Waals surface area contributed by atoms with Crippen LogP contribution in [0, 0.1) is 12.8 Å². The average molecular weight is 339 g/mol. The smallest absolute Gasteiger partial charge is 0.335 e. The zero-order valence-electron chi connectivity index (χ0n) is 14.1. The fourth-order valence-corrected chi connectivity index (χ4v) is 3.32. The Hall–Kier alpha value is -1.66. The quantitative estimate of drug-likeness (QED) is 0.584. The minimum Gasteiger partial charge on any atom is -0.463 e. The highest BCUT2D eigenvalue weighted by Gasteiger charge is 2.26. The summed E-state index contributed by atoms with van der Waals surface area (Å²) in [5, 5.41) is 0. The van der Waals surface area contributed by atoms with Crippen LogP contribution < -0.4 is 4.72 Å². The van der Waals surface area contributed by atoms with Gasteiger partial charge >= 0.3 is 5.97 Å². The summed E-state index contributed by atoms with van der Waals surface area (Å²) >= 11 is 0. The van der Waals surface area contributed by atoms with Gasteiger partial charge in [-0.25, -0.2) is 17.9 Å². The van der Waals surface area contributed by atoms with E-state index >= 15 is 0 Å². The zero-order valence-corrected chi connectivity index (χ0v) is 14.9. The van der Waals surface area contributed by atoms with E-state index in [1.165, 1.54) is 12.1 Å². The van der Waals surface area contributed by atoms with Crippen molar-refractivity contribution in [2.75, 3.05) is 6.61 Å². The molecule has 23 heavy (non-hydrogen) atoms. The van der Waals surface area contributed by atoms with Crippen LogP contribution in [0.25, 0.3) is 0 Å². The Morgan fingerprint density at radius 2 is 1.83 bits per heavy atom. The lowest BCUT2D eigenvalue weighted by Gasteiger charge is -2.21. The molecular weight excluding hydrogens is 314 g/mol. The van der Waals surface area contributed by atoms with E-state index in [9.17, 15) is 13.2 Å². The molecule has 0 heterocycles. The molecule has 6 heteroatoms. The number of hydrogen-bond acceptors (Lipinski definition) is 4. The molecular formula is C17H25NO4S. The molecule has 0 saturated carbocycles. The van der Waals surface area contributed by atoms with Gasteiger partial charge in [0.05, 0.1) is 17.5 Å². The second kappa shape index (κ2) is 8.26. The molecule has 0 fully saturated rings. The van der Waals surface area contributed by atoms with Gasteiger partial charge in [0.15, 0.2) is 0 Å². The van der Waals surface area contributed by atoms with Gasteiger partial charge < -0.3 is 4.74 Å². The number of carbonyl (C=O) groups is 1. The molecule has 1 aromatic rings. The molecule has 0 aliphatic rings. The van der Waals surface area contributed by atoms with E-state index in [-0.39, 0.29) is 23.0 Å². The predicted molar refractivity (Wildman–Crippen MR) is 90.5 cm³/mol. The first-order chi connectivity index (χ1) is 10.7. The molecule has 1 atom stereocenters. The first kappa shape index (κ1) is 19.4. The number of benzene rings is 1. The number of aryl methyl sites for hydroxylation is 1. The Kier molecular flexibility index (Phi) is 6.97. The number of ether oxygens (including phenoxy) is 1. The number of sulfonamides is 1. The van der Waals surface area contributed by atoms with Crippen LogP contribution in [-0.2, 0) is 19.6 Å². The number of esters is 1. The second-order valence-electron chi connectivity index (χ2n) is 5.86. The molecule has 0 aromatic heterocycles. The highest BCUT2D eigenvalue weighted by Crippen LogP contribution is 2.17. The fourth-order valence-electron chi connectivity index (χ4n) is 2.07. The lowest BCUT2D eigenvalue weighted by Crippen LogP contribution is -2.39. The van der Waals surface area contributed by atoms with Gasteiger partial charge in [-0.05, 0) is 38.3 Å². The summed E-state index contributed by atoms with van der Waals surface area (Å²) in [6, 6.07) is 5.84. The van der Waals surface area contributed by atoms with Crippen LogP contribution in [0.5, 0.6) is 0 Å². The summed E-state index contributed by atoms with van der Waals surface area (Å²) in [5.41, 5.74) is 1.09. The third kappa shape index (κ3) is 5.80. The van der Waals surface area contributed by atoms with E-state index in [0.29, 0.717) is 6.42 Å². The van der Waals surface area contributed by atoms with E-state index in [1.807, 2.05) is 20.8 Å². The van der Waals surface area contributed by atoms with E-state index in [0.717, 1.165) is 5.56 Å². The van der Waals surface area contributed by atoms with Gasteiger partial charge in [-0.2, -0.15) is 0 Å². The summed E-state index contributed by atoms with van der Waals surface area (Å²) in [5.74, 6) is -0.392. The SMILES string of the molecule is C=C(C(=O)OCC)C(CC(C)C)NS(=O)(=O)c1ccc(C)cc1. The van der Waals surface area contributed by atoms with Crippen LogP contribution >= 0.6 is 0 Å². The maximum Gasteiger partial charge on any atom is 0.335 e. The third-order valence-corrected chi connectivity index (χ3v) is 4.78. The van der Waals surface area contributed by atoms with Crippen molar-refractivity contribution in [3.05, 3.63) is 42.0 Å². The van der Waals surface area contributed by atoms with E-state index in [4.69, 9.17) is 4.74 Å². The molecule has 0 amide bonds. The normalized spacial score (nSPS) is 12.9. The maximum atomic E-state index is 12.5. The summed E-state index contributed by atoms with van der Waals surface area (Å²) in [4.78, 5) is 12.0. The molecule has 5 nitrogen and oxygen atoms in total. The highest BCUT2D eigenvalue weighted by molar-refractivity contribution is 7.89. The van der Waals surface area contributed by atoms with Crippen LogP contribution in [0.4, 0.5) is 0 Å².